The summed E-state index contributed by atoms with van der Waals surface area (Å²) in [5, 5.41) is 14.0. The third-order valence-electron chi connectivity index (χ3n) is 2.88. The first kappa shape index (κ1) is 13.9. The van der Waals surface area contributed by atoms with Crippen molar-refractivity contribution in [2.24, 2.45) is 0 Å². The molecule has 0 fully saturated rings. The van der Waals surface area contributed by atoms with Crippen LogP contribution < -0.4 is 5.32 Å². The number of anilines is 1. The van der Waals surface area contributed by atoms with Crippen molar-refractivity contribution < 1.29 is 4.79 Å². The van der Waals surface area contributed by atoms with Crippen molar-refractivity contribution in [2.75, 3.05) is 5.32 Å². The highest BCUT2D eigenvalue weighted by Crippen LogP contribution is 2.24. The Bertz CT molecular complexity index is 784. The van der Waals surface area contributed by atoms with Crippen molar-refractivity contribution >= 4 is 38.9 Å². The number of tetrazole rings is 1. The van der Waals surface area contributed by atoms with E-state index in [-0.39, 0.29) is 5.91 Å². The molecule has 2 aromatic heterocycles. The summed E-state index contributed by atoms with van der Waals surface area (Å²) in [5.41, 5.74) is 2.49. The molecule has 6 nitrogen and oxygen atoms in total. The zero-order chi connectivity index (χ0) is 14.8. The predicted octanol–water partition coefficient (Wildman–Crippen LogP) is 3.05. The normalized spacial score (nSPS) is 10.6. The summed E-state index contributed by atoms with van der Waals surface area (Å²) in [6, 6.07) is 9.28. The van der Waals surface area contributed by atoms with Crippen LogP contribution in [0.25, 0.3) is 5.69 Å². The fourth-order valence-electron chi connectivity index (χ4n) is 1.79. The van der Waals surface area contributed by atoms with Gasteiger partial charge in [0, 0.05) is 5.69 Å². The number of carbonyl (C=O) groups is 1. The number of aryl methyl sites for hydroxylation is 1. The standard InChI is InChI=1S/C13H10BrN5OS/c1-8-2-3-9(19-7-15-17-18-19)6-10(8)16-13(20)11-4-5-12(14)21-11/h2-7H,1H3,(H,16,20). The highest BCUT2D eigenvalue weighted by Gasteiger charge is 2.11. The van der Waals surface area contributed by atoms with Crippen molar-refractivity contribution in [3.63, 3.8) is 0 Å². The Labute approximate surface area is 132 Å². The van der Waals surface area contributed by atoms with Gasteiger partial charge in [-0.15, -0.1) is 16.4 Å². The number of hydrogen-bond acceptors (Lipinski definition) is 5. The quantitative estimate of drug-likeness (QED) is 0.775. The number of thiophene rings is 1. The van der Waals surface area contributed by atoms with E-state index in [4.69, 9.17) is 0 Å². The molecule has 2 heterocycles. The van der Waals surface area contributed by atoms with Gasteiger partial charge >= 0.3 is 0 Å². The van der Waals surface area contributed by atoms with Crippen LogP contribution in [0.5, 0.6) is 0 Å². The Morgan fingerprint density at radius 3 is 2.86 bits per heavy atom. The molecule has 8 heteroatoms. The van der Waals surface area contributed by atoms with Gasteiger partial charge in [-0.05, 0) is 63.1 Å². The van der Waals surface area contributed by atoms with Crippen LogP contribution in [0, 0.1) is 6.92 Å². The molecule has 1 N–H and O–H groups in total. The minimum atomic E-state index is -0.136. The smallest absolute Gasteiger partial charge is 0.265 e. The van der Waals surface area contributed by atoms with Gasteiger partial charge in [0.2, 0.25) is 0 Å². The molecule has 0 radical (unpaired) electrons. The first-order valence-corrected chi connectivity index (χ1v) is 7.65. The molecular formula is C13H10BrN5OS. The summed E-state index contributed by atoms with van der Waals surface area (Å²) in [6.07, 6.45) is 1.51. The van der Waals surface area contributed by atoms with Crippen LogP contribution in [-0.2, 0) is 0 Å². The van der Waals surface area contributed by atoms with Crippen LogP contribution in [0.15, 0.2) is 40.4 Å². The summed E-state index contributed by atoms with van der Waals surface area (Å²) < 4.78 is 2.46. The number of carbonyl (C=O) groups excluding carboxylic acids is 1. The maximum atomic E-state index is 12.2. The van der Waals surface area contributed by atoms with Crippen molar-refractivity contribution in [3.05, 3.63) is 50.9 Å². The number of nitrogens with zero attached hydrogens (tertiary/aromatic N) is 4. The van der Waals surface area contributed by atoms with Crippen molar-refractivity contribution in [1.29, 1.82) is 0 Å². The Morgan fingerprint density at radius 1 is 1.33 bits per heavy atom. The lowest BCUT2D eigenvalue weighted by atomic mass is 10.1. The molecule has 0 spiro atoms. The van der Waals surface area contributed by atoms with Gasteiger partial charge in [-0.3, -0.25) is 4.79 Å². The first-order valence-electron chi connectivity index (χ1n) is 6.04. The molecule has 0 saturated heterocycles. The maximum absolute atomic E-state index is 12.2. The summed E-state index contributed by atoms with van der Waals surface area (Å²) in [6.45, 7) is 1.93. The highest BCUT2D eigenvalue weighted by atomic mass is 79.9. The predicted molar refractivity (Wildman–Crippen MR) is 83.9 cm³/mol. The molecule has 0 aliphatic carbocycles. The van der Waals surface area contributed by atoms with Crippen molar-refractivity contribution in [3.8, 4) is 5.69 Å². The lowest BCUT2D eigenvalue weighted by Gasteiger charge is -2.09. The lowest BCUT2D eigenvalue weighted by molar-refractivity contribution is 0.103. The van der Waals surface area contributed by atoms with Gasteiger partial charge in [-0.1, -0.05) is 6.07 Å². The van der Waals surface area contributed by atoms with E-state index in [1.54, 1.807) is 6.07 Å². The van der Waals surface area contributed by atoms with Crippen LogP contribution in [0.3, 0.4) is 0 Å². The summed E-state index contributed by atoms with van der Waals surface area (Å²) >= 11 is 4.74. The van der Waals surface area contributed by atoms with E-state index < -0.39 is 0 Å². The molecule has 0 bridgehead atoms. The van der Waals surface area contributed by atoms with Gasteiger partial charge in [-0.2, -0.15) is 0 Å². The molecule has 106 valence electrons. The summed E-state index contributed by atoms with van der Waals surface area (Å²) in [5.74, 6) is -0.136. The van der Waals surface area contributed by atoms with Crippen LogP contribution in [0.2, 0.25) is 0 Å². The SMILES string of the molecule is Cc1ccc(-n2cnnn2)cc1NC(=O)c1ccc(Br)s1. The minimum absolute atomic E-state index is 0.136. The topological polar surface area (TPSA) is 72.7 Å². The molecule has 0 aliphatic rings. The van der Waals surface area contributed by atoms with Gasteiger partial charge in [0.05, 0.1) is 14.4 Å². The van der Waals surface area contributed by atoms with Gasteiger partial charge in [0.15, 0.2) is 0 Å². The molecule has 0 aliphatic heterocycles. The van der Waals surface area contributed by atoms with E-state index in [9.17, 15) is 4.79 Å². The van der Waals surface area contributed by atoms with E-state index in [1.165, 1.54) is 22.3 Å². The van der Waals surface area contributed by atoms with Crippen LogP contribution in [-0.4, -0.2) is 26.1 Å². The van der Waals surface area contributed by atoms with Crippen molar-refractivity contribution in [2.45, 2.75) is 6.92 Å². The molecule has 3 rings (SSSR count). The lowest BCUT2D eigenvalue weighted by Crippen LogP contribution is -2.11. The van der Waals surface area contributed by atoms with Crippen LogP contribution in [0.1, 0.15) is 15.2 Å². The van der Waals surface area contributed by atoms with Crippen LogP contribution >= 0.6 is 27.3 Å². The zero-order valence-corrected chi connectivity index (χ0v) is 13.3. The number of hydrogen-bond donors (Lipinski definition) is 1. The largest absolute Gasteiger partial charge is 0.321 e. The average Bonchev–Trinajstić information content (AvgIpc) is 3.12. The van der Waals surface area contributed by atoms with Gasteiger partial charge in [0.1, 0.15) is 6.33 Å². The number of aromatic nitrogens is 4. The zero-order valence-electron chi connectivity index (χ0n) is 10.9. The van der Waals surface area contributed by atoms with E-state index in [1.807, 2.05) is 31.2 Å². The van der Waals surface area contributed by atoms with E-state index in [2.05, 4.69) is 36.8 Å². The summed E-state index contributed by atoms with van der Waals surface area (Å²) in [4.78, 5) is 12.9. The first-order chi connectivity index (χ1) is 10.1. The number of halogens is 1. The highest BCUT2D eigenvalue weighted by molar-refractivity contribution is 9.11. The minimum Gasteiger partial charge on any atom is -0.321 e. The number of amides is 1. The van der Waals surface area contributed by atoms with E-state index in [0.717, 1.165) is 20.7 Å². The maximum Gasteiger partial charge on any atom is 0.265 e. The molecule has 0 saturated carbocycles. The Kier molecular flexibility index (Phi) is 3.80. The molecule has 0 unspecified atom stereocenters. The average molecular weight is 364 g/mol. The molecular weight excluding hydrogens is 354 g/mol. The Hall–Kier alpha value is -2.06. The number of rotatable bonds is 3. The monoisotopic (exact) mass is 363 g/mol. The second-order valence-corrected chi connectivity index (χ2v) is 6.77. The molecule has 0 atom stereocenters. The van der Waals surface area contributed by atoms with Gasteiger partial charge in [0.25, 0.3) is 5.91 Å². The summed E-state index contributed by atoms with van der Waals surface area (Å²) in [7, 11) is 0. The van der Waals surface area contributed by atoms with Crippen LogP contribution in [0.4, 0.5) is 5.69 Å². The third-order valence-corrected chi connectivity index (χ3v) is 4.50. The fourth-order valence-corrected chi connectivity index (χ4v) is 3.07. The number of nitrogens with one attached hydrogen (secondary N) is 1. The third kappa shape index (κ3) is 3.01. The van der Waals surface area contributed by atoms with Gasteiger partial charge in [-0.25, -0.2) is 4.68 Å². The molecule has 1 amide bonds. The van der Waals surface area contributed by atoms with E-state index >= 15 is 0 Å². The fraction of sp³-hybridized carbons (Fsp3) is 0.0769. The second-order valence-electron chi connectivity index (χ2n) is 4.31. The van der Waals surface area contributed by atoms with Gasteiger partial charge < -0.3 is 5.32 Å². The molecule has 21 heavy (non-hydrogen) atoms. The second kappa shape index (κ2) is 5.74. The number of benzene rings is 1. The molecule has 3 aromatic rings. The van der Waals surface area contributed by atoms with E-state index in [0.29, 0.717) is 4.88 Å². The van der Waals surface area contributed by atoms with Crippen molar-refractivity contribution in [1.82, 2.24) is 20.2 Å². The Balaban J connectivity index is 1.88. The molecule has 1 aromatic carbocycles. The Morgan fingerprint density at radius 2 is 2.19 bits per heavy atom.